The molecule has 0 saturated carbocycles. The van der Waals surface area contributed by atoms with E-state index in [1.165, 1.54) is 0 Å². The standard InChI is InChI=1S/C15H21N5O4/c16-13(21)12-7-6-11(8-19(12)14(17)22)20(15(18)23)24-9-10-4-2-1-3-5-10/h1-5,11-12H,6-9H2,(H2,16,21)(H2,17,22)(H2,18,23)/t11-,12+/m1/s1. The summed E-state index contributed by atoms with van der Waals surface area (Å²) in [5.74, 6) is -0.636. The number of nitrogens with two attached hydrogens (primary N) is 3. The number of primary amides is 3. The number of urea groups is 2. The van der Waals surface area contributed by atoms with Crippen LogP contribution in [0.2, 0.25) is 0 Å². The molecule has 6 N–H and O–H groups in total. The molecule has 1 aromatic rings. The van der Waals surface area contributed by atoms with Crippen LogP contribution in [-0.2, 0) is 16.2 Å². The van der Waals surface area contributed by atoms with E-state index in [1.54, 1.807) is 0 Å². The molecule has 0 aromatic heterocycles. The maximum Gasteiger partial charge on any atom is 0.339 e. The number of amides is 5. The highest BCUT2D eigenvalue weighted by molar-refractivity contribution is 5.85. The molecule has 1 aliphatic rings. The van der Waals surface area contributed by atoms with Crippen molar-refractivity contribution in [3.63, 3.8) is 0 Å². The van der Waals surface area contributed by atoms with E-state index < -0.39 is 30.1 Å². The van der Waals surface area contributed by atoms with E-state index in [0.29, 0.717) is 6.42 Å². The van der Waals surface area contributed by atoms with E-state index in [1.807, 2.05) is 30.3 Å². The Morgan fingerprint density at radius 2 is 1.79 bits per heavy atom. The topological polar surface area (TPSA) is 145 Å². The van der Waals surface area contributed by atoms with Crippen LogP contribution in [0, 0.1) is 0 Å². The van der Waals surface area contributed by atoms with Gasteiger partial charge in [0.2, 0.25) is 5.91 Å². The first-order valence-corrected chi connectivity index (χ1v) is 7.51. The molecule has 1 saturated heterocycles. The van der Waals surface area contributed by atoms with E-state index in [9.17, 15) is 14.4 Å². The normalized spacial score (nSPS) is 20.4. The lowest BCUT2D eigenvalue weighted by molar-refractivity contribution is -0.163. The number of hydrogen-bond donors (Lipinski definition) is 3. The minimum atomic E-state index is -0.789. The molecule has 0 unspecified atom stereocenters. The highest BCUT2D eigenvalue weighted by Gasteiger charge is 2.37. The molecule has 1 heterocycles. The van der Waals surface area contributed by atoms with Crippen molar-refractivity contribution >= 4 is 18.0 Å². The zero-order valence-electron chi connectivity index (χ0n) is 13.1. The Balaban J connectivity index is 2.06. The average molecular weight is 335 g/mol. The van der Waals surface area contributed by atoms with Crippen molar-refractivity contribution in [2.75, 3.05) is 6.54 Å². The SMILES string of the molecule is NC(=O)[C@@H]1CC[C@@H](N(OCc2ccccc2)C(N)=O)CN1C(N)=O. The fourth-order valence-electron chi connectivity index (χ4n) is 2.75. The number of hydrogen-bond acceptors (Lipinski definition) is 4. The Labute approximate surface area is 139 Å². The summed E-state index contributed by atoms with van der Waals surface area (Å²) >= 11 is 0. The molecule has 0 aliphatic carbocycles. The van der Waals surface area contributed by atoms with Gasteiger partial charge in [0.1, 0.15) is 12.6 Å². The zero-order valence-corrected chi connectivity index (χ0v) is 13.1. The predicted octanol–water partition coefficient (Wildman–Crippen LogP) is -0.104. The van der Waals surface area contributed by atoms with Gasteiger partial charge in [0.15, 0.2) is 0 Å². The van der Waals surface area contributed by atoms with Crippen LogP contribution in [0.5, 0.6) is 0 Å². The third kappa shape index (κ3) is 4.13. The molecule has 5 amide bonds. The number of likely N-dealkylation sites (tertiary alicyclic amines) is 1. The summed E-state index contributed by atoms with van der Waals surface area (Å²) in [5.41, 5.74) is 16.8. The van der Waals surface area contributed by atoms with Gasteiger partial charge in [-0.3, -0.25) is 9.63 Å². The fraction of sp³-hybridized carbons (Fsp3) is 0.400. The Morgan fingerprint density at radius 1 is 1.12 bits per heavy atom. The summed E-state index contributed by atoms with van der Waals surface area (Å²) in [6.07, 6.45) is 0.691. The molecule has 2 atom stereocenters. The summed E-state index contributed by atoms with van der Waals surface area (Å²) in [4.78, 5) is 41.3. The van der Waals surface area contributed by atoms with Gasteiger partial charge in [0.05, 0.1) is 6.04 Å². The summed E-state index contributed by atoms with van der Waals surface area (Å²) in [6.45, 7) is 0.177. The van der Waals surface area contributed by atoms with Gasteiger partial charge in [-0.15, -0.1) is 0 Å². The molecule has 0 bridgehead atoms. The summed E-state index contributed by atoms with van der Waals surface area (Å²) in [5, 5.41) is 1.03. The van der Waals surface area contributed by atoms with Crippen molar-refractivity contribution in [2.45, 2.75) is 31.5 Å². The maximum atomic E-state index is 11.7. The average Bonchev–Trinajstić information content (AvgIpc) is 2.55. The van der Waals surface area contributed by atoms with Gasteiger partial charge in [-0.1, -0.05) is 30.3 Å². The fourth-order valence-corrected chi connectivity index (χ4v) is 2.75. The van der Waals surface area contributed by atoms with Gasteiger partial charge >= 0.3 is 12.1 Å². The van der Waals surface area contributed by atoms with Gasteiger partial charge in [-0.25, -0.2) is 9.59 Å². The number of carbonyl (C=O) groups is 3. The number of rotatable bonds is 5. The van der Waals surface area contributed by atoms with Crippen molar-refractivity contribution < 1.29 is 19.2 Å². The highest BCUT2D eigenvalue weighted by atomic mass is 16.7. The zero-order chi connectivity index (χ0) is 17.7. The maximum absolute atomic E-state index is 11.7. The quantitative estimate of drug-likeness (QED) is 0.645. The molecule has 0 spiro atoms. The van der Waals surface area contributed by atoms with Crippen LogP contribution in [0.25, 0.3) is 0 Å². The minimum absolute atomic E-state index is 0.0284. The Kier molecular flexibility index (Phi) is 5.59. The summed E-state index contributed by atoms with van der Waals surface area (Å²) in [6, 6.07) is 6.40. The largest absolute Gasteiger partial charge is 0.368 e. The number of piperidine rings is 1. The van der Waals surface area contributed by atoms with Crippen LogP contribution in [0.15, 0.2) is 30.3 Å². The first-order chi connectivity index (χ1) is 11.4. The summed E-state index contributed by atoms with van der Waals surface area (Å²) in [7, 11) is 0. The van der Waals surface area contributed by atoms with Crippen molar-refractivity contribution in [1.82, 2.24) is 9.96 Å². The molecule has 9 heteroatoms. The van der Waals surface area contributed by atoms with Crippen LogP contribution in [0.1, 0.15) is 18.4 Å². The molecule has 2 rings (SSSR count). The van der Waals surface area contributed by atoms with Crippen LogP contribution < -0.4 is 17.2 Å². The third-order valence-corrected chi connectivity index (χ3v) is 3.93. The second kappa shape index (κ2) is 7.64. The Hall–Kier alpha value is -2.81. The van der Waals surface area contributed by atoms with Gasteiger partial charge in [-0.2, -0.15) is 5.06 Å². The lowest BCUT2D eigenvalue weighted by Gasteiger charge is -2.40. The second-order valence-electron chi connectivity index (χ2n) is 5.56. The van der Waals surface area contributed by atoms with E-state index in [2.05, 4.69) is 0 Å². The van der Waals surface area contributed by atoms with Crippen molar-refractivity contribution in [1.29, 1.82) is 0 Å². The molecular weight excluding hydrogens is 314 g/mol. The molecule has 24 heavy (non-hydrogen) atoms. The van der Waals surface area contributed by atoms with Gasteiger partial charge in [0, 0.05) is 6.54 Å². The second-order valence-corrected chi connectivity index (χ2v) is 5.56. The van der Waals surface area contributed by atoms with Crippen LogP contribution >= 0.6 is 0 Å². The molecule has 1 fully saturated rings. The van der Waals surface area contributed by atoms with Crippen molar-refractivity contribution in [3.8, 4) is 0 Å². The molecule has 0 radical (unpaired) electrons. The molecule has 1 aliphatic heterocycles. The van der Waals surface area contributed by atoms with E-state index in [4.69, 9.17) is 22.0 Å². The highest BCUT2D eigenvalue weighted by Crippen LogP contribution is 2.22. The third-order valence-electron chi connectivity index (χ3n) is 3.93. The molecule has 1 aromatic carbocycles. The smallest absolute Gasteiger partial charge is 0.339 e. The van der Waals surface area contributed by atoms with Gasteiger partial charge in [-0.05, 0) is 18.4 Å². The van der Waals surface area contributed by atoms with Gasteiger partial charge in [0.25, 0.3) is 0 Å². The van der Waals surface area contributed by atoms with E-state index >= 15 is 0 Å². The van der Waals surface area contributed by atoms with E-state index in [0.717, 1.165) is 15.5 Å². The van der Waals surface area contributed by atoms with Crippen LogP contribution in [0.4, 0.5) is 9.59 Å². The first kappa shape index (κ1) is 17.5. The lowest BCUT2D eigenvalue weighted by atomic mass is 9.98. The summed E-state index contributed by atoms with van der Waals surface area (Å²) < 4.78 is 0. The monoisotopic (exact) mass is 335 g/mol. The number of nitrogens with zero attached hydrogens (tertiary/aromatic N) is 2. The van der Waals surface area contributed by atoms with E-state index in [-0.39, 0.29) is 19.6 Å². The predicted molar refractivity (Wildman–Crippen MR) is 84.9 cm³/mol. The van der Waals surface area contributed by atoms with Crippen LogP contribution in [-0.4, -0.2) is 46.6 Å². The Morgan fingerprint density at radius 3 is 2.33 bits per heavy atom. The molecule has 130 valence electrons. The lowest BCUT2D eigenvalue weighted by Crippen LogP contribution is -2.60. The number of hydroxylamine groups is 2. The minimum Gasteiger partial charge on any atom is -0.368 e. The van der Waals surface area contributed by atoms with Gasteiger partial charge < -0.3 is 22.1 Å². The van der Waals surface area contributed by atoms with Crippen molar-refractivity contribution in [2.24, 2.45) is 17.2 Å². The molecular formula is C15H21N5O4. The number of benzene rings is 1. The number of carbonyl (C=O) groups excluding carboxylic acids is 3. The van der Waals surface area contributed by atoms with Crippen molar-refractivity contribution in [3.05, 3.63) is 35.9 Å². The van der Waals surface area contributed by atoms with Crippen LogP contribution in [0.3, 0.4) is 0 Å². The Bertz CT molecular complexity index is 609. The molecule has 9 nitrogen and oxygen atoms in total. The first-order valence-electron chi connectivity index (χ1n) is 7.51.